The van der Waals surface area contributed by atoms with Crippen molar-refractivity contribution in [3.8, 4) is 0 Å². The van der Waals surface area contributed by atoms with Gasteiger partial charge in [0.1, 0.15) is 0 Å². The molecule has 1 aromatic carbocycles. The van der Waals surface area contributed by atoms with Gasteiger partial charge in [0.2, 0.25) is 0 Å². The second kappa shape index (κ2) is 8.18. The highest BCUT2D eigenvalue weighted by Crippen LogP contribution is 2.19. The molecule has 4 nitrogen and oxygen atoms in total. The summed E-state index contributed by atoms with van der Waals surface area (Å²) in [6.45, 7) is 7.56. The summed E-state index contributed by atoms with van der Waals surface area (Å²) in [7, 11) is 2.08. The molecule has 1 heterocycles. The normalized spacial score (nSPS) is 15.9. The van der Waals surface area contributed by atoms with Crippen molar-refractivity contribution in [2.24, 2.45) is 0 Å². The summed E-state index contributed by atoms with van der Waals surface area (Å²) in [5.74, 6) is 0.139. The van der Waals surface area contributed by atoms with Gasteiger partial charge in [-0.3, -0.25) is 4.79 Å². The van der Waals surface area contributed by atoms with E-state index in [9.17, 15) is 4.79 Å². The van der Waals surface area contributed by atoms with E-state index in [1.54, 1.807) is 0 Å². The molecule has 1 amide bonds. The van der Waals surface area contributed by atoms with Gasteiger partial charge in [-0.15, -0.1) is 0 Å². The van der Waals surface area contributed by atoms with Gasteiger partial charge in [-0.25, -0.2) is 0 Å². The molecule has 0 aromatic heterocycles. The monoisotopic (exact) mass is 304 g/mol. The van der Waals surface area contributed by atoms with E-state index in [1.165, 1.54) is 0 Å². The molecule has 22 heavy (non-hydrogen) atoms. The largest absolute Gasteiger partial charge is 0.378 e. The van der Waals surface area contributed by atoms with Crippen molar-refractivity contribution in [3.05, 3.63) is 29.8 Å². The number of likely N-dealkylation sites (tertiary alicyclic amines) is 1. The van der Waals surface area contributed by atoms with Crippen LogP contribution in [0.4, 0.5) is 5.69 Å². The number of hydrogen-bond acceptors (Lipinski definition) is 3. The predicted octanol–water partition coefficient (Wildman–Crippen LogP) is 3.17. The van der Waals surface area contributed by atoms with Gasteiger partial charge in [0.25, 0.3) is 5.91 Å². The van der Waals surface area contributed by atoms with Gasteiger partial charge >= 0.3 is 0 Å². The Balaban J connectivity index is 1.93. The smallest absolute Gasteiger partial charge is 0.253 e. The average molecular weight is 304 g/mol. The van der Waals surface area contributed by atoms with Gasteiger partial charge in [-0.1, -0.05) is 6.92 Å². The van der Waals surface area contributed by atoms with Crippen LogP contribution in [0.25, 0.3) is 0 Å². The van der Waals surface area contributed by atoms with Crippen LogP contribution < -0.4 is 4.90 Å². The Hall–Kier alpha value is -1.55. The van der Waals surface area contributed by atoms with Crippen LogP contribution >= 0.6 is 0 Å². The van der Waals surface area contributed by atoms with Gasteiger partial charge in [0.15, 0.2) is 0 Å². The Labute approximate surface area is 134 Å². The second-order valence-corrected chi connectivity index (χ2v) is 5.92. The Bertz CT molecular complexity index is 464. The molecule has 0 N–H and O–H groups in total. The van der Waals surface area contributed by atoms with Crippen LogP contribution in [0.1, 0.15) is 43.5 Å². The van der Waals surface area contributed by atoms with Gasteiger partial charge in [-0.2, -0.15) is 0 Å². The number of carbonyl (C=O) groups excluding carboxylic acids is 1. The maximum absolute atomic E-state index is 12.5. The van der Waals surface area contributed by atoms with Crippen LogP contribution in [0, 0.1) is 0 Å². The van der Waals surface area contributed by atoms with E-state index in [0.717, 1.165) is 56.8 Å². The number of benzene rings is 1. The third kappa shape index (κ3) is 4.23. The molecular formula is C18H28N2O2. The minimum Gasteiger partial charge on any atom is -0.378 e. The lowest BCUT2D eigenvalue weighted by Crippen LogP contribution is -2.40. The number of hydrogen-bond donors (Lipinski definition) is 0. The SMILES string of the molecule is CCCN(C)c1ccc(C(=O)N2CCC(OCC)CC2)cc1. The van der Waals surface area contributed by atoms with Gasteiger partial charge in [0.05, 0.1) is 6.10 Å². The summed E-state index contributed by atoms with van der Waals surface area (Å²) >= 11 is 0. The van der Waals surface area contributed by atoms with Crippen LogP contribution in [0.2, 0.25) is 0 Å². The lowest BCUT2D eigenvalue weighted by molar-refractivity contribution is 0.0146. The molecule has 0 radical (unpaired) electrons. The van der Waals surface area contributed by atoms with Crippen molar-refractivity contribution in [2.45, 2.75) is 39.2 Å². The Kier molecular flexibility index (Phi) is 6.25. The van der Waals surface area contributed by atoms with Gasteiger partial charge in [-0.05, 0) is 50.5 Å². The molecule has 0 atom stereocenters. The Morgan fingerprint density at radius 1 is 1.23 bits per heavy atom. The zero-order chi connectivity index (χ0) is 15.9. The molecule has 2 rings (SSSR count). The highest BCUT2D eigenvalue weighted by atomic mass is 16.5. The predicted molar refractivity (Wildman–Crippen MR) is 90.6 cm³/mol. The first kappa shape index (κ1) is 16.8. The van der Waals surface area contributed by atoms with Gasteiger partial charge in [0, 0.05) is 44.5 Å². The van der Waals surface area contributed by atoms with E-state index in [-0.39, 0.29) is 5.91 Å². The Morgan fingerprint density at radius 2 is 1.86 bits per heavy atom. The van der Waals surface area contributed by atoms with E-state index in [2.05, 4.69) is 18.9 Å². The second-order valence-electron chi connectivity index (χ2n) is 5.92. The zero-order valence-corrected chi connectivity index (χ0v) is 14.0. The number of carbonyl (C=O) groups is 1. The van der Waals surface area contributed by atoms with Crippen molar-refractivity contribution in [3.63, 3.8) is 0 Å². The third-order valence-corrected chi connectivity index (χ3v) is 4.25. The molecule has 0 aliphatic carbocycles. The fraction of sp³-hybridized carbons (Fsp3) is 0.611. The summed E-state index contributed by atoms with van der Waals surface area (Å²) in [5.41, 5.74) is 1.94. The molecule has 1 aliphatic rings. The average Bonchev–Trinajstić information content (AvgIpc) is 2.55. The number of piperidine rings is 1. The van der Waals surface area contributed by atoms with Crippen molar-refractivity contribution in [2.75, 3.05) is 38.2 Å². The molecule has 1 aromatic rings. The fourth-order valence-corrected chi connectivity index (χ4v) is 2.97. The molecule has 1 fully saturated rings. The molecule has 0 spiro atoms. The number of rotatable bonds is 6. The molecule has 0 bridgehead atoms. The molecule has 4 heteroatoms. The number of anilines is 1. The molecular weight excluding hydrogens is 276 g/mol. The lowest BCUT2D eigenvalue weighted by Gasteiger charge is -2.32. The van der Waals surface area contributed by atoms with Crippen molar-refractivity contribution in [1.29, 1.82) is 0 Å². The molecule has 122 valence electrons. The summed E-state index contributed by atoms with van der Waals surface area (Å²) in [6.07, 6.45) is 3.32. The first-order valence-corrected chi connectivity index (χ1v) is 8.37. The van der Waals surface area contributed by atoms with Crippen LogP contribution in [0.3, 0.4) is 0 Å². The van der Waals surface area contributed by atoms with E-state index >= 15 is 0 Å². The highest BCUT2D eigenvalue weighted by Gasteiger charge is 2.23. The minimum absolute atomic E-state index is 0.139. The molecule has 1 aliphatic heterocycles. The summed E-state index contributed by atoms with van der Waals surface area (Å²) in [5, 5.41) is 0. The van der Waals surface area contributed by atoms with Gasteiger partial charge < -0.3 is 14.5 Å². The number of nitrogens with zero attached hydrogens (tertiary/aromatic N) is 2. The maximum atomic E-state index is 12.5. The topological polar surface area (TPSA) is 32.8 Å². The van der Waals surface area contributed by atoms with Crippen LogP contribution in [0.15, 0.2) is 24.3 Å². The van der Waals surface area contributed by atoms with E-state index in [1.807, 2.05) is 36.1 Å². The van der Waals surface area contributed by atoms with Crippen molar-refractivity contribution >= 4 is 11.6 Å². The third-order valence-electron chi connectivity index (χ3n) is 4.25. The first-order valence-electron chi connectivity index (χ1n) is 8.37. The fourth-order valence-electron chi connectivity index (χ4n) is 2.97. The van der Waals surface area contributed by atoms with Crippen LogP contribution in [-0.2, 0) is 4.74 Å². The maximum Gasteiger partial charge on any atom is 0.253 e. The quantitative estimate of drug-likeness (QED) is 0.809. The van der Waals surface area contributed by atoms with Crippen molar-refractivity contribution in [1.82, 2.24) is 4.90 Å². The lowest BCUT2D eigenvalue weighted by atomic mass is 10.1. The Morgan fingerprint density at radius 3 is 2.41 bits per heavy atom. The minimum atomic E-state index is 0.139. The van der Waals surface area contributed by atoms with Crippen LogP contribution in [0.5, 0.6) is 0 Å². The molecule has 0 saturated carbocycles. The highest BCUT2D eigenvalue weighted by molar-refractivity contribution is 5.94. The zero-order valence-electron chi connectivity index (χ0n) is 14.0. The summed E-state index contributed by atoms with van der Waals surface area (Å²) < 4.78 is 5.64. The number of amides is 1. The summed E-state index contributed by atoms with van der Waals surface area (Å²) in [4.78, 5) is 16.7. The first-order chi connectivity index (χ1) is 10.7. The standard InChI is InChI=1S/C18H28N2O2/c1-4-12-19(3)16-8-6-15(7-9-16)18(21)20-13-10-17(11-14-20)22-5-2/h6-9,17H,4-5,10-14H2,1-3H3. The van der Waals surface area contributed by atoms with E-state index < -0.39 is 0 Å². The van der Waals surface area contributed by atoms with E-state index in [0.29, 0.717) is 6.10 Å². The number of ether oxygens (including phenoxy) is 1. The molecule has 1 saturated heterocycles. The van der Waals surface area contributed by atoms with Crippen molar-refractivity contribution < 1.29 is 9.53 Å². The van der Waals surface area contributed by atoms with E-state index in [4.69, 9.17) is 4.74 Å². The van der Waals surface area contributed by atoms with Crippen LogP contribution in [-0.4, -0.2) is 50.2 Å². The summed E-state index contributed by atoms with van der Waals surface area (Å²) in [6, 6.07) is 7.96. The molecule has 0 unspecified atom stereocenters.